The van der Waals surface area contributed by atoms with Gasteiger partial charge in [0.15, 0.2) is 0 Å². The fourth-order valence-electron chi connectivity index (χ4n) is 1.64. The quantitative estimate of drug-likeness (QED) is 0.503. The lowest BCUT2D eigenvalue weighted by Gasteiger charge is -2.12. The van der Waals surface area contributed by atoms with Gasteiger partial charge in [0.1, 0.15) is 0 Å². The summed E-state index contributed by atoms with van der Waals surface area (Å²) in [6, 6.07) is 0. The maximum atomic E-state index is 11.2. The summed E-state index contributed by atoms with van der Waals surface area (Å²) in [6.45, 7) is 1.32. The molecule has 1 aliphatic heterocycles. The van der Waals surface area contributed by atoms with Crippen LogP contribution in [0.3, 0.4) is 0 Å². The predicted molar refractivity (Wildman–Crippen MR) is 53.5 cm³/mol. The van der Waals surface area contributed by atoms with E-state index in [0.717, 1.165) is 32.2 Å². The van der Waals surface area contributed by atoms with Crippen molar-refractivity contribution in [3.05, 3.63) is 0 Å². The van der Waals surface area contributed by atoms with Crippen molar-refractivity contribution in [2.75, 3.05) is 13.1 Å². The van der Waals surface area contributed by atoms with E-state index in [-0.39, 0.29) is 11.8 Å². The number of carbonyl (C=O) groups excluding carboxylic acids is 2. The lowest BCUT2D eigenvalue weighted by atomic mass is 10.2. The Morgan fingerprint density at radius 1 is 1.00 bits per heavy atom. The maximum Gasteiger partial charge on any atom is 0.229 e. The SMILES string of the molecule is NCCCCCCN1C(=O)CCC1=O. The van der Waals surface area contributed by atoms with E-state index in [0.29, 0.717) is 19.4 Å². The summed E-state index contributed by atoms with van der Waals surface area (Å²) in [5.41, 5.74) is 5.36. The topological polar surface area (TPSA) is 63.4 Å². The molecule has 2 N–H and O–H groups in total. The van der Waals surface area contributed by atoms with Gasteiger partial charge in [0, 0.05) is 19.4 Å². The van der Waals surface area contributed by atoms with Gasteiger partial charge in [0.25, 0.3) is 0 Å². The second-order valence-corrected chi connectivity index (χ2v) is 3.64. The van der Waals surface area contributed by atoms with Crippen LogP contribution in [0.5, 0.6) is 0 Å². The molecular formula is C10H18N2O2. The first kappa shape index (κ1) is 11.2. The van der Waals surface area contributed by atoms with E-state index in [1.54, 1.807) is 0 Å². The van der Waals surface area contributed by atoms with Crippen LogP contribution in [0.25, 0.3) is 0 Å². The standard InChI is InChI=1S/C10H18N2O2/c11-7-3-1-2-4-8-12-9(13)5-6-10(12)14/h1-8,11H2. The average Bonchev–Trinajstić information content (AvgIpc) is 2.48. The first-order valence-electron chi connectivity index (χ1n) is 5.29. The van der Waals surface area contributed by atoms with Crippen LogP contribution in [0.4, 0.5) is 0 Å². The van der Waals surface area contributed by atoms with Crippen molar-refractivity contribution in [2.45, 2.75) is 38.5 Å². The van der Waals surface area contributed by atoms with Gasteiger partial charge < -0.3 is 5.73 Å². The van der Waals surface area contributed by atoms with E-state index < -0.39 is 0 Å². The lowest BCUT2D eigenvalue weighted by molar-refractivity contribution is -0.138. The fraction of sp³-hybridized carbons (Fsp3) is 0.800. The van der Waals surface area contributed by atoms with Gasteiger partial charge in [-0.1, -0.05) is 12.8 Å². The molecule has 0 aromatic carbocycles. The zero-order chi connectivity index (χ0) is 10.4. The highest BCUT2D eigenvalue weighted by Crippen LogP contribution is 2.12. The molecule has 4 nitrogen and oxygen atoms in total. The molecule has 1 rings (SSSR count). The smallest absolute Gasteiger partial charge is 0.229 e. The molecule has 0 bridgehead atoms. The van der Waals surface area contributed by atoms with Crippen molar-refractivity contribution in [3.63, 3.8) is 0 Å². The molecule has 1 saturated heterocycles. The molecule has 1 heterocycles. The van der Waals surface area contributed by atoms with E-state index in [2.05, 4.69) is 0 Å². The van der Waals surface area contributed by atoms with Crippen LogP contribution in [-0.4, -0.2) is 29.8 Å². The van der Waals surface area contributed by atoms with Gasteiger partial charge in [-0.25, -0.2) is 0 Å². The molecule has 2 amide bonds. The van der Waals surface area contributed by atoms with Gasteiger partial charge in [-0.15, -0.1) is 0 Å². The molecule has 14 heavy (non-hydrogen) atoms. The number of nitrogens with two attached hydrogens (primary N) is 1. The molecule has 1 aliphatic rings. The summed E-state index contributed by atoms with van der Waals surface area (Å²) < 4.78 is 0. The van der Waals surface area contributed by atoms with E-state index in [4.69, 9.17) is 5.73 Å². The summed E-state index contributed by atoms with van der Waals surface area (Å²) in [7, 11) is 0. The van der Waals surface area contributed by atoms with Gasteiger partial charge in [0.2, 0.25) is 11.8 Å². The Morgan fingerprint density at radius 2 is 1.57 bits per heavy atom. The third-order valence-electron chi connectivity index (χ3n) is 2.49. The molecular weight excluding hydrogens is 180 g/mol. The monoisotopic (exact) mass is 198 g/mol. The first-order valence-corrected chi connectivity index (χ1v) is 5.29. The summed E-state index contributed by atoms with van der Waals surface area (Å²) in [6.07, 6.45) is 4.89. The van der Waals surface area contributed by atoms with Crippen LogP contribution in [-0.2, 0) is 9.59 Å². The number of likely N-dealkylation sites (tertiary alicyclic amines) is 1. The Labute approximate surface area is 84.4 Å². The minimum atomic E-state index is -0.00572. The van der Waals surface area contributed by atoms with Crippen LogP contribution in [0, 0.1) is 0 Å². The Morgan fingerprint density at radius 3 is 2.14 bits per heavy atom. The van der Waals surface area contributed by atoms with Crippen LogP contribution in [0.2, 0.25) is 0 Å². The number of nitrogens with zero attached hydrogens (tertiary/aromatic N) is 1. The summed E-state index contributed by atoms with van der Waals surface area (Å²) in [4.78, 5) is 23.8. The van der Waals surface area contributed by atoms with Crippen molar-refractivity contribution >= 4 is 11.8 Å². The highest BCUT2D eigenvalue weighted by molar-refractivity contribution is 6.01. The molecule has 0 aromatic rings. The van der Waals surface area contributed by atoms with Crippen molar-refractivity contribution < 1.29 is 9.59 Å². The summed E-state index contributed by atoms with van der Waals surface area (Å²) >= 11 is 0. The molecule has 0 atom stereocenters. The molecule has 0 saturated carbocycles. The second kappa shape index (κ2) is 5.75. The molecule has 0 aliphatic carbocycles. The Kier molecular flexibility index (Phi) is 4.59. The molecule has 1 fully saturated rings. The number of carbonyl (C=O) groups is 2. The molecule has 4 heteroatoms. The van der Waals surface area contributed by atoms with Crippen molar-refractivity contribution in [1.82, 2.24) is 4.90 Å². The first-order chi connectivity index (χ1) is 6.75. The minimum absolute atomic E-state index is 0.00572. The van der Waals surface area contributed by atoms with E-state index in [1.165, 1.54) is 4.90 Å². The van der Waals surface area contributed by atoms with Crippen molar-refractivity contribution in [3.8, 4) is 0 Å². The Hall–Kier alpha value is -0.900. The van der Waals surface area contributed by atoms with Crippen molar-refractivity contribution in [1.29, 1.82) is 0 Å². The Balaban J connectivity index is 2.11. The average molecular weight is 198 g/mol. The van der Waals surface area contributed by atoms with Gasteiger partial charge >= 0.3 is 0 Å². The number of rotatable bonds is 6. The van der Waals surface area contributed by atoms with Gasteiger partial charge in [-0.3, -0.25) is 14.5 Å². The van der Waals surface area contributed by atoms with E-state index in [9.17, 15) is 9.59 Å². The maximum absolute atomic E-state index is 11.2. The number of hydrogen-bond donors (Lipinski definition) is 1. The second-order valence-electron chi connectivity index (χ2n) is 3.64. The van der Waals surface area contributed by atoms with Crippen LogP contribution >= 0.6 is 0 Å². The third-order valence-corrected chi connectivity index (χ3v) is 2.49. The highest BCUT2D eigenvalue weighted by Gasteiger charge is 2.27. The van der Waals surface area contributed by atoms with Crippen molar-refractivity contribution in [2.24, 2.45) is 5.73 Å². The zero-order valence-electron chi connectivity index (χ0n) is 8.50. The summed E-state index contributed by atoms with van der Waals surface area (Å²) in [5.74, 6) is -0.0114. The molecule has 0 radical (unpaired) electrons. The molecule has 80 valence electrons. The van der Waals surface area contributed by atoms with E-state index >= 15 is 0 Å². The highest BCUT2D eigenvalue weighted by atomic mass is 16.2. The minimum Gasteiger partial charge on any atom is -0.330 e. The number of unbranched alkanes of at least 4 members (excludes halogenated alkanes) is 3. The largest absolute Gasteiger partial charge is 0.330 e. The van der Waals surface area contributed by atoms with Gasteiger partial charge in [0.05, 0.1) is 0 Å². The number of imide groups is 1. The van der Waals surface area contributed by atoms with E-state index in [1.807, 2.05) is 0 Å². The number of amides is 2. The van der Waals surface area contributed by atoms with Crippen LogP contribution in [0.15, 0.2) is 0 Å². The van der Waals surface area contributed by atoms with Gasteiger partial charge in [-0.05, 0) is 19.4 Å². The van der Waals surface area contributed by atoms with Crippen LogP contribution < -0.4 is 5.73 Å². The predicted octanol–water partition coefficient (Wildman–Crippen LogP) is 0.654. The Bertz CT molecular complexity index is 200. The molecule has 0 unspecified atom stereocenters. The van der Waals surface area contributed by atoms with Gasteiger partial charge in [-0.2, -0.15) is 0 Å². The third kappa shape index (κ3) is 3.10. The fourth-order valence-corrected chi connectivity index (χ4v) is 1.64. The molecule has 0 spiro atoms. The summed E-state index contributed by atoms with van der Waals surface area (Å²) in [5, 5.41) is 0. The number of hydrogen-bond acceptors (Lipinski definition) is 3. The van der Waals surface area contributed by atoms with Crippen LogP contribution in [0.1, 0.15) is 38.5 Å². The zero-order valence-corrected chi connectivity index (χ0v) is 8.50. The lowest BCUT2D eigenvalue weighted by Crippen LogP contribution is -2.29. The molecule has 0 aromatic heterocycles. The normalized spacial score (nSPS) is 16.8.